The second-order valence-electron chi connectivity index (χ2n) is 5.34. The average molecular weight is 364 g/mol. The van der Waals surface area contributed by atoms with Gasteiger partial charge in [-0.15, -0.1) is 0 Å². The molecule has 2 heterocycles. The van der Waals surface area contributed by atoms with E-state index in [1.54, 1.807) is 0 Å². The first-order chi connectivity index (χ1) is 10.7. The number of halogens is 5. The highest BCUT2D eigenvalue weighted by Crippen LogP contribution is 2.40. The van der Waals surface area contributed by atoms with Gasteiger partial charge in [-0.1, -0.05) is 23.2 Å². The van der Waals surface area contributed by atoms with Gasteiger partial charge in [0.2, 0.25) is 0 Å². The zero-order valence-corrected chi connectivity index (χ0v) is 13.1. The maximum absolute atomic E-state index is 13.1. The fraction of sp³-hybridized carbons (Fsp3) is 0.357. The number of nitrogens with zero attached hydrogens (tertiary/aromatic N) is 3. The first kappa shape index (κ1) is 16.3. The molecule has 0 atom stereocenters. The van der Waals surface area contributed by atoms with Crippen LogP contribution in [0.5, 0.6) is 0 Å². The Hall–Kier alpha value is -1.60. The van der Waals surface area contributed by atoms with E-state index < -0.39 is 17.3 Å². The highest BCUT2D eigenvalue weighted by molar-refractivity contribution is 6.32. The van der Waals surface area contributed by atoms with Gasteiger partial charge in [0.15, 0.2) is 0 Å². The van der Waals surface area contributed by atoms with Gasteiger partial charge in [0.1, 0.15) is 15.9 Å². The van der Waals surface area contributed by atoms with Crippen LogP contribution in [0, 0.1) is 0 Å². The molecule has 0 spiro atoms. The van der Waals surface area contributed by atoms with Crippen molar-refractivity contribution in [2.24, 2.45) is 0 Å². The molecule has 0 amide bonds. The largest absolute Gasteiger partial charge is 0.421 e. The summed E-state index contributed by atoms with van der Waals surface area (Å²) in [6, 6.07) is 3.71. The molecule has 1 aliphatic carbocycles. The Morgan fingerprint density at radius 1 is 1.17 bits per heavy atom. The Morgan fingerprint density at radius 3 is 2.30 bits per heavy atom. The number of hydrogen-bond acceptors (Lipinski definition) is 3. The number of pyridine rings is 1. The van der Waals surface area contributed by atoms with Crippen LogP contribution in [0.2, 0.25) is 10.3 Å². The molecular weight excluding hydrogens is 354 g/mol. The highest BCUT2D eigenvalue weighted by Gasteiger charge is 2.37. The second kappa shape index (κ2) is 5.79. The van der Waals surface area contributed by atoms with Gasteiger partial charge in [0.05, 0.1) is 12.2 Å². The molecule has 3 rings (SSSR count). The van der Waals surface area contributed by atoms with Crippen LogP contribution in [0.15, 0.2) is 23.0 Å². The molecule has 4 nitrogen and oxygen atoms in total. The lowest BCUT2D eigenvalue weighted by Crippen LogP contribution is -2.31. The normalized spacial score (nSPS) is 15.0. The third-order valence-electron chi connectivity index (χ3n) is 3.45. The van der Waals surface area contributed by atoms with Crippen LogP contribution in [0.25, 0.3) is 0 Å². The van der Waals surface area contributed by atoms with E-state index in [-0.39, 0.29) is 28.5 Å². The number of alkyl halides is 3. The standard InChI is InChI=1S/C14H10Cl2F3N3O/c15-11-3-7(4-12(16)20-11)6-22-13(23)9(14(17,18)19)5-10(21-22)8-1-2-8/h3-5,8H,1-2,6H2. The van der Waals surface area contributed by atoms with Crippen LogP contribution in [-0.4, -0.2) is 14.8 Å². The molecule has 1 fully saturated rings. The van der Waals surface area contributed by atoms with E-state index in [1.165, 1.54) is 12.1 Å². The fourth-order valence-corrected chi connectivity index (χ4v) is 2.74. The molecule has 23 heavy (non-hydrogen) atoms. The average Bonchev–Trinajstić information content (AvgIpc) is 3.22. The molecule has 0 bridgehead atoms. The van der Waals surface area contributed by atoms with Crippen LogP contribution in [0.1, 0.15) is 35.6 Å². The zero-order valence-electron chi connectivity index (χ0n) is 11.6. The predicted octanol–water partition coefficient (Wildman–Crippen LogP) is 3.89. The number of aromatic nitrogens is 3. The van der Waals surface area contributed by atoms with Crippen molar-refractivity contribution in [1.29, 1.82) is 0 Å². The van der Waals surface area contributed by atoms with E-state index in [2.05, 4.69) is 10.1 Å². The summed E-state index contributed by atoms with van der Waals surface area (Å²) in [5.41, 5.74) is -1.67. The number of hydrogen-bond donors (Lipinski definition) is 0. The molecule has 2 aromatic rings. The van der Waals surface area contributed by atoms with Gasteiger partial charge in [-0.05, 0) is 36.6 Å². The molecule has 2 aromatic heterocycles. The Kier molecular flexibility index (Phi) is 4.10. The second-order valence-corrected chi connectivity index (χ2v) is 6.11. The minimum absolute atomic E-state index is 0.0208. The lowest BCUT2D eigenvalue weighted by atomic mass is 10.2. The van der Waals surface area contributed by atoms with Crippen molar-refractivity contribution in [1.82, 2.24) is 14.8 Å². The molecule has 0 aliphatic heterocycles. The van der Waals surface area contributed by atoms with Gasteiger partial charge in [-0.3, -0.25) is 4.79 Å². The quantitative estimate of drug-likeness (QED) is 0.777. The molecule has 0 saturated heterocycles. The van der Waals surface area contributed by atoms with Gasteiger partial charge in [0.25, 0.3) is 5.56 Å². The Morgan fingerprint density at radius 2 is 1.78 bits per heavy atom. The summed E-state index contributed by atoms with van der Waals surface area (Å²) in [5.74, 6) is -0.0208. The minimum Gasteiger partial charge on any atom is -0.267 e. The third kappa shape index (κ3) is 3.67. The monoisotopic (exact) mass is 363 g/mol. The van der Waals surface area contributed by atoms with E-state index >= 15 is 0 Å². The first-order valence-corrected chi connectivity index (χ1v) is 7.51. The van der Waals surface area contributed by atoms with E-state index in [9.17, 15) is 18.0 Å². The summed E-state index contributed by atoms with van der Waals surface area (Å²) in [7, 11) is 0. The molecule has 1 aliphatic rings. The molecule has 0 unspecified atom stereocenters. The van der Waals surface area contributed by atoms with E-state index in [0.717, 1.165) is 23.6 Å². The van der Waals surface area contributed by atoms with Crippen LogP contribution in [0.4, 0.5) is 13.2 Å². The SMILES string of the molecule is O=c1c(C(F)(F)F)cc(C2CC2)nn1Cc1cc(Cl)nc(Cl)c1. The van der Waals surface area contributed by atoms with Crippen molar-refractivity contribution in [2.75, 3.05) is 0 Å². The number of rotatable bonds is 3. The van der Waals surface area contributed by atoms with Gasteiger partial charge in [-0.25, -0.2) is 9.67 Å². The summed E-state index contributed by atoms with van der Waals surface area (Å²) in [6.45, 7) is -0.162. The lowest BCUT2D eigenvalue weighted by Gasteiger charge is -2.12. The molecular formula is C14H10Cl2F3N3O. The van der Waals surface area contributed by atoms with Crippen molar-refractivity contribution >= 4 is 23.2 Å². The Bertz CT molecular complexity index is 796. The molecule has 0 radical (unpaired) electrons. The topological polar surface area (TPSA) is 47.8 Å². The molecule has 9 heteroatoms. The van der Waals surface area contributed by atoms with E-state index in [1.807, 2.05) is 0 Å². The van der Waals surface area contributed by atoms with Crippen molar-refractivity contribution in [3.05, 3.63) is 55.7 Å². The molecule has 122 valence electrons. The Balaban J connectivity index is 2.07. The predicted molar refractivity (Wildman–Crippen MR) is 78.8 cm³/mol. The lowest BCUT2D eigenvalue weighted by molar-refractivity contribution is -0.139. The van der Waals surface area contributed by atoms with Crippen molar-refractivity contribution < 1.29 is 13.2 Å². The van der Waals surface area contributed by atoms with Gasteiger partial charge in [-0.2, -0.15) is 18.3 Å². The zero-order chi connectivity index (χ0) is 16.8. The minimum atomic E-state index is -4.72. The summed E-state index contributed by atoms with van der Waals surface area (Å²) in [6.07, 6.45) is -3.18. The summed E-state index contributed by atoms with van der Waals surface area (Å²) in [4.78, 5) is 15.8. The van der Waals surface area contributed by atoms with E-state index in [4.69, 9.17) is 23.2 Å². The van der Waals surface area contributed by atoms with E-state index in [0.29, 0.717) is 5.56 Å². The van der Waals surface area contributed by atoms with Crippen molar-refractivity contribution in [3.8, 4) is 0 Å². The summed E-state index contributed by atoms with van der Waals surface area (Å²) in [5, 5.41) is 4.25. The van der Waals surface area contributed by atoms with Crippen LogP contribution in [0.3, 0.4) is 0 Å². The smallest absolute Gasteiger partial charge is 0.267 e. The highest BCUT2D eigenvalue weighted by atomic mass is 35.5. The van der Waals surface area contributed by atoms with Crippen molar-refractivity contribution in [3.63, 3.8) is 0 Å². The van der Waals surface area contributed by atoms with Crippen molar-refractivity contribution in [2.45, 2.75) is 31.5 Å². The van der Waals surface area contributed by atoms with Crippen LogP contribution >= 0.6 is 23.2 Å². The Labute approximate surface area is 138 Å². The summed E-state index contributed by atoms with van der Waals surface area (Å²) < 4.78 is 40.0. The fourth-order valence-electron chi connectivity index (χ4n) is 2.23. The van der Waals surface area contributed by atoms with Gasteiger partial charge in [0, 0.05) is 5.92 Å². The molecule has 0 N–H and O–H groups in total. The third-order valence-corrected chi connectivity index (χ3v) is 3.84. The van der Waals surface area contributed by atoms with Gasteiger partial charge < -0.3 is 0 Å². The maximum Gasteiger partial charge on any atom is 0.421 e. The van der Waals surface area contributed by atoms with Crippen LogP contribution in [-0.2, 0) is 12.7 Å². The van der Waals surface area contributed by atoms with Crippen LogP contribution < -0.4 is 5.56 Å². The molecule has 1 saturated carbocycles. The first-order valence-electron chi connectivity index (χ1n) is 6.75. The molecule has 0 aromatic carbocycles. The van der Waals surface area contributed by atoms with Gasteiger partial charge >= 0.3 is 6.18 Å². The maximum atomic E-state index is 13.1. The summed E-state index contributed by atoms with van der Waals surface area (Å²) >= 11 is 11.5.